The van der Waals surface area contributed by atoms with Crippen LogP contribution in [0.5, 0.6) is 11.5 Å². The normalized spacial score (nSPS) is 19.8. The predicted molar refractivity (Wildman–Crippen MR) is 94.8 cm³/mol. The van der Waals surface area contributed by atoms with E-state index >= 15 is 0 Å². The van der Waals surface area contributed by atoms with Crippen molar-refractivity contribution in [1.29, 1.82) is 0 Å². The highest BCUT2D eigenvalue weighted by Gasteiger charge is 2.29. The Balaban J connectivity index is 1.68. The number of rotatable bonds is 4. The maximum atomic E-state index is 6.09. The molecule has 24 heavy (non-hydrogen) atoms. The summed E-state index contributed by atoms with van der Waals surface area (Å²) in [5.41, 5.74) is 8.55. The number of anilines is 1. The zero-order valence-electron chi connectivity index (χ0n) is 14.3. The molecule has 0 spiro atoms. The largest absolute Gasteiger partial charge is 0.450 e. The molecular weight excluding hydrogens is 300 g/mol. The number of nitrogens with zero attached hydrogens (tertiary/aromatic N) is 3. The fourth-order valence-electron chi connectivity index (χ4n) is 3.10. The van der Waals surface area contributed by atoms with Crippen LogP contribution in [0.1, 0.15) is 57.7 Å². The second kappa shape index (κ2) is 5.65. The van der Waals surface area contributed by atoms with Crippen LogP contribution in [0.4, 0.5) is 5.82 Å². The van der Waals surface area contributed by atoms with E-state index in [4.69, 9.17) is 15.6 Å². The maximum Gasteiger partial charge on any atom is 0.173 e. The van der Waals surface area contributed by atoms with Gasteiger partial charge in [0.05, 0.1) is 12.2 Å². The summed E-state index contributed by atoms with van der Waals surface area (Å²) >= 11 is 0. The highest BCUT2D eigenvalue weighted by atomic mass is 16.5. The van der Waals surface area contributed by atoms with E-state index in [1.165, 1.54) is 24.8 Å². The van der Waals surface area contributed by atoms with E-state index in [0.717, 1.165) is 24.3 Å². The lowest BCUT2D eigenvalue weighted by atomic mass is 9.78. The molecule has 1 saturated carbocycles. The van der Waals surface area contributed by atoms with Gasteiger partial charge in [-0.05, 0) is 55.2 Å². The Morgan fingerprint density at radius 2 is 2.12 bits per heavy atom. The first-order valence-corrected chi connectivity index (χ1v) is 8.69. The summed E-state index contributed by atoms with van der Waals surface area (Å²) in [6.45, 7) is 4.63. The lowest BCUT2D eigenvalue weighted by Gasteiger charge is -2.28. The third kappa shape index (κ3) is 3.03. The van der Waals surface area contributed by atoms with Gasteiger partial charge in [0, 0.05) is 6.20 Å². The minimum atomic E-state index is 0.372. The number of ether oxygens (including phenoxy) is 1. The summed E-state index contributed by atoms with van der Waals surface area (Å²) in [6, 6.07) is 4.20. The van der Waals surface area contributed by atoms with Crippen LogP contribution in [-0.2, 0) is 0 Å². The van der Waals surface area contributed by atoms with Crippen LogP contribution >= 0.6 is 0 Å². The minimum absolute atomic E-state index is 0.372. The van der Waals surface area contributed by atoms with Gasteiger partial charge in [-0.15, -0.1) is 0 Å². The third-order valence-corrected chi connectivity index (χ3v) is 4.92. The predicted octanol–water partition coefficient (Wildman–Crippen LogP) is 4.58. The van der Waals surface area contributed by atoms with Gasteiger partial charge in [0.15, 0.2) is 17.3 Å². The van der Waals surface area contributed by atoms with Gasteiger partial charge in [0.1, 0.15) is 5.69 Å². The molecule has 2 aliphatic rings. The van der Waals surface area contributed by atoms with Gasteiger partial charge in [-0.25, -0.2) is 4.98 Å². The van der Waals surface area contributed by atoms with Gasteiger partial charge >= 0.3 is 0 Å². The van der Waals surface area contributed by atoms with Crippen molar-refractivity contribution in [3.63, 3.8) is 0 Å². The lowest BCUT2D eigenvalue weighted by molar-refractivity contribution is 0.334. The van der Waals surface area contributed by atoms with Crippen molar-refractivity contribution < 1.29 is 4.74 Å². The van der Waals surface area contributed by atoms with Crippen molar-refractivity contribution in [3.8, 4) is 11.5 Å². The molecule has 2 N–H and O–H groups in total. The molecule has 2 aliphatic carbocycles. The molecule has 0 unspecified atom stereocenters. The van der Waals surface area contributed by atoms with Crippen LogP contribution in [0.3, 0.4) is 0 Å². The Kier molecular flexibility index (Phi) is 3.59. The fraction of sp³-hybridized carbons (Fsp3) is 0.474. The van der Waals surface area contributed by atoms with Crippen molar-refractivity contribution in [2.24, 2.45) is 5.41 Å². The van der Waals surface area contributed by atoms with E-state index < -0.39 is 0 Å². The third-order valence-electron chi connectivity index (χ3n) is 4.92. The van der Waals surface area contributed by atoms with Crippen LogP contribution in [0.2, 0.25) is 0 Å². The number of nitrogens with two attached hydrogens (primary N) is 1. The smallest absolute Gasteiger partial charge is 0.173 e. The number of nitrogen functional groups attached to an aromatic ring is 1. The van der Waals surface area contributed by atoms with Gasteiger partial charge in [-0.3, -0.25) is 4.68 Å². The maximum absolute atomic E-state index is 6.09. The number of hydrogen-bond acceptors (Lipinski definition) is 4. The van der Waals surface area contributed by atoms with Gasteiger partial charge in [-0.1, -0.05) is 19.9 Å². The summed E-state index contributed by atoms with van der Waals surface area (Å²) in [6.07, 6.45) is 11.7. The van der Waals surface area contributed by atoms with E-state index in [1.807, 2.05) is 18.3 Å². The Morgan fingerprint density at radius 3 is 2.79 bits per heavy atom. The van der Waals surface area contributed by atoms with Crippen LogP contribution in [0.15, 0.2) is 30.6 Å². The summed E-state index contributed by atoms with van der Waals surface area (Å²) in [5, 5.41) is 4.83. The fourth-order valence-corrected chi connectivity index (χ4v) is 3.10. The summed E-state index contributed by atoms with van der Waals surface area (Å²) in [5.74, 6) is 1.78. The molecular formula is C19H24N4O. The average Bonchev–Trinajstić information content (AvgIpc) is 3.32. The van der Waals surface area contributed by atoms with Gasteiger partial charge in [0.25, 0.3) is 0 Å². The highest BCUT2D eigenvalue weighted by molar-refractivity contribution is 5.69. The first-order valence-electron chi connectivity index (χ1n) is 8.69. The molecule has 5 nitrogen and oxygen atoms in total. The number of allylic oxidation sites excluding steroid dienone is 2. The Labute approximate surface area is 142 Å². The van der Waals surface area contributed by atoms with Crippen LogP contribution in [0, 0.1) is 5.41 Å². The van der Waals surface area contributed by atoms with E-state index in [1.54, 1.807) is 6.20 Å². The van der Waals surface area contributed by atoms with E-state index in [-0.39, 0.29) is 0 Å². The van der Waals surface area contributed by atoms with Crippen molar-refractivity contribution in [1.82, 2.24) is 14.8 Å². The average molecular weight is 324 g/mol. The molecule has 0 amide bonds. The molecule has 0 saturated heterocycles. The lowest BCUT2D eigenvalue weighted by Crippen LogP contribution is -2.14. The molecule has 2 aromatic heterocycles. The van der Waals surface area contributed by atoms with Gasteiger partial charge < -0.3 is 10.5 Å². The quantitative estimate of drug-likeness (QED) is 0.894. The minimum Gasteiger partial charge on any atom is -0.450 e. The van der Waals surface area contributed by atoms with Gasteiger partial charge in [-0.2, -0.15) is 5.10 Å². The molecule has 0 radical (unpaired) electrons. The molecule has 5 heteroatoms. The second-order valence-electron chi connectivity index (χ2n) is 7.64. The summed E-state index contributed by atoms with van der Waals surface area (Å²) < 4.78 is 8.15. The molecule has 0 bridgehead atoms. The second-order valence-corrected chi connectivity index (χ2v) is 7.64. The van der Waals surface area contributed by atoms with E-state index in [0.29, 0.717) is 23.0 Å². The molecule has 2 aromatic rings. The van der Waals surface area contributed by atoms with Crippen LogP contribution < -0.4 is 10.5 Å². The van der Waals surface area contributed by atoms with Crippen LogP contribution in [-0.4, -0.2) is 14.8 Å². The number of hydrogen-bond donors (Lipinski definition) is 1. The van der Waals surface area contributed by atoms with Crippen molar-refractivity contribution >= 4 is 11.4 Å². The van der Waals surface area contributed by atoms with Crippen molar-refractivity contribution in [2.75, 3.05) is 5.73 Å². The topological polar surface area (TPSA) is 66.0 Å². The Morgan fingerprint density at radius 1 is 1.29 bits per heavy atom. The zero-order valence-corrected chi connectivity index (χ0v) is 14.3. The SMILES string of the molecule is CC1(C)CC=C(c2nn(C3CC3)cc2Oc2cccnc2N)CC1. The highest BCUT2D eigenvalue weighted by Crippen LogP contribution is 2.43. The molecule has 4 rings (SSSR count). The molecule has 0 aromatic carbocycles. The number of aromatic nitrogens is 3. The molecule has 126 valence electrons. The molecule has 0 aliphatic heterocycles. The Hall–Kier alpha value is -2.30. The summed E-state index contributed by atoms with van der Waals surface area (Å²) in [7, 11) is 0. The first-order chi connectivity index (χ1) is 11.5. The zero-order chi connectivity index (χ0) is 16.7. The van der Waals surface area contributed by atoms with Gasteiger partial charge in [0.2, 0.25) is 0 Å². The monoisotopic (exact) mass is 324 g/mol. The van der Waals surface area contributed by atoms with E-state index in [2.05, 4.69) is 29.6 Å². The van der Waals surface area contributed by atoms with E-state index in [9.17, 15) is 0 Å². The summed E-state index contributed by atoms with van der Waals surface area (Å²) in [4.78, 5) is 4.10. The number of pyridine rings is 1. The Bertz CT molecular complexity index is 786. The molecule has 2 heterocycles. The van der Waals surface area contributed by atoms with Crippen molar-refractivity contribution in [3.05, 3.63) is 36.3 Å². The molecule has 0 atom stereocenters. The standard InChI is InChI=1S/C19H24N4O/c1-19(2)9-7-13(8-10-19)17-16(12-23(22-17)14-5-6-14)24-15-4-3-11-21-18(15)20/h3-4,7,11-12,14H,5-6,8-10H2,1-2H3,(H2,20,21). The first kappa shape index (κ1) is 15.2. The van der Waals surface area contributed by atoms with Crippen molar-refractivity contribution in [2.45, 2.75) is 52.0 Å². The van der Waals surface area contributed by atoms with Crippen LogP contribution in [0.25, 0.3) is 5.57 Å². The molecule has 1 fully saturated rings.